The number of hydrogen-bond acceptors (Lipinski definition) is 0. The first-order valence-electron chi connectivity index (χ1n) is 6.79. The van der Waals surface area contributed by atoms with E-state index in [1.165, 1.54) is 27.8 Å². The van der Waals surface area contributed by atoms with E-state index >= 15 is 0 Å². The van der Waals surface area contributed by atoms with E-state index in [0.717, 1.165) is 6.42 Å². The third-order valence-corrected chi connectivity index (χ3v) is 4.16. The molecule has 2 aromatic carbocycles. The zero-order chi connectivity index (χ0) is 13.8. The Morgan fingerprint density at radius 1 is 0.947 bits per heavy atom. The highest BCUT2D eigenvalue weighted by atomic mass is 35.5. The van der Waals surface area contributed by atoms with Gasteiger partial charge in [-0.1, -0.05) is 48.0 Å². The van der Waals surface area contributed by atoms with E-state index in [0.29, 0.717) is 11.8 Å². The molecule has 0 spiro atoms. The second-order valence-electron chi connectivity index (χ2n) is 5.34. The van der Waals surface area contributed by atoms with Gasteiger partial charge in [0.05, 0.1) is 0 Å². The molecule has 0 aliphatic heterocycles. The van der Waals surface area contributed by atoms with Crippen molar-refractivity contribution in [1.29, 1.82) is 0 Å². The lowest BCUT2D eigenvalue weighted by Gasteiger charge is -2.18. The SMILES string of the molecule is Cc1ccc(C)c(CC(CCl)c2ccccc2C)c1. The lowest BCUT2D eigenvalue weighted by molar-refractivity contribution is 0.756. The summed E-state index contributed by atoms with van der Waals surface area (Å²) in [5.41, 5.74) is 6.79. The molecule has 1 heteroatoms. The minimum absolute atomic E-state index is 0.392. The molecule has 100 valence electrons. The Morgan fingerprint density at radius 2 is 1.68 bits per heavy atom. The van der Waals surface area contributed by atoms with E-state index in [1.54, 1.807) is 0 Å². The highest BCUT2D eigenvalue weighted by Crippen LogP contribution is 2.26. The molecule has 0 saturated carbocycles. The van der Waals surface area contributed by atoms with Gasteiger partial charge in [0.15, 0.2) is 0 Å². The van der Waals surface area contributed by atoms with E-state index < -0.39 is 0 Å². The predicted octanol–water partition coefficient (Wildman–Crippen LogP) is 5.18. The Morgan fingerprint density at radius 3 is 2.37 bits per heavy atom. The van der Waals surface area contributed by atoms with Crippen molar-refractivity contribution in [3.8, 4) is 0 Å². The molecule has 0 N–H and O–H groups in total. The van der Waals surface area contributed by atoms with Crippen LogP contribution >= 0.6 is 11.6 Å². The van der Waals surface area contributed by atoms with Crippen LogP contribution in [0.1, 0.15) is 33.7 Å². The number of alkyl halides is 1. The Labute approximate surface area is 121 Å². The fourth-order valence-electron chi connectivity index (χ4n) is 2.58. The van der Waals surface area contributed by atoms with Crippen molar-refractivity contribution in [3.63, 3.8) is 0 Å². The van der Waals surface area contributed by atoms with Gasteiger partial charge >= 0.3 is 0 Å². The van der Waals surface area contributed by atoms with Gasteiger partial charge in [-0.2, -0.15) is 0 Å². The van der Waals surface area contributed by atoms with Crippen LogP contribution in [0.5, 0.6) is 0 Å². The summed E-state index contributed by atoms with van der Waals surface area (Å²) in [6.45, 7) is 6.49. The summed E-state index contributed by atoms with van der Waals surface area (Å²) in [4.78, 5) is 0. The van der Waals surface area contributed by atoms with Gasteiger partial charge in [-0.15, -0.1) is 11.6 Å². The summed E-state index contributed by atoms with van der Waals surface area (Å²) in [5, 5.41) is 0. The van der Waals surface area contributed by atoms with Gasteiger partial charge in [-0.3, -0.25) is 0 Å². The van der Waals surface area contributed by atoms with Crippen molar-refractivity contribution in [3.05, 3.63) is 70.3 Å². The zero-order valence-electron chi connectivity index (χ0n) is 11.9. The largest absolute Gasteiger partial charge is 0.126 e. The normalized spacial score (nSPS) is 12.4. The fraction of sp³-hybridized carbons (Fsp3) is 0.333. The quantitative estimate of drug-likeness (QED) is 0.673. The number of aryl methyl sites for hydroxylation is 3. The molecule has 0 bridgehead atoms. The highest BCUT2D eigenvalue weighted by molar-refractivity contribution is 6.18. The van der Waals surface area contributed by atoms with Crippen LogP contribution in [-0.2, 0) is 6.42 Å². The summed E-state index contributed by atoms with van der Waals surface area (Å²) < 4.78 is 0. The second-order valence-corrected chi connectivity index (χ2v) is 5.65. The average Bonchev–Trinajstić information content (AvgIpc) is 2.41. The van der Waals surface area contributed by atoms with Crippen LogP contribution < -0.4 is 0 Å². The van der Waals surface area contributed by atoms with Crippen LogP contribution in [0.25, 0.3) is 0 Å². The fourth-order valence-corrected chi connectivity index (χ4v) is 2.85. The first-order valence-corrected chi connectivity index (χ1v) is 7.33. The van der Waals surface area contributed by atoms with Crippen LogP contribution in [0, 0.1) is 20.8 Å². The number of halogens is 1. The maximum absolute atomic E-state index is 6.22. The molecule has 1 atom stereocenters. The Hall–Kier alpha value is -1.27. The first-order chi connectivity index (χ1) is 9.11. The molecule has 19 heavy (non-hydrogen) atoms. The topological polar surface area (TPSA) is 0 Å². The van der Waals surface area contributed by atoms with Crippen molar-refractivity contribution in [2.45, 2.75) is 33.1 Å². The second kappa shape index (κ2) is 6.25. The maximum atomic E-state index is 6.22. The van der Waals surface area contributed by atoms with E-state index in [4.69, 9.17) is 11.6 Å². The minimum Gasteiger partial charge on any atom is -0.126 e. The summed E-state index contributed by atoms with van der Waals surface area (Å²) in [5.74, 6) is 1.06. The van der Waals surface area contributed by atoms with Crippen LogP contribution in [0.15, 0.2) is 42.5 Å². The molecular weight excluding hydrogens is 252 g/mol. The van der Waals surface area contributed by atoms with Gasteiger partial charge in [0.2, 0.25) is 0 Å². The van der Waals surface area contributed by atoms with Gasteiger partial charge in [-0.05, 0) is 49.4 Å². The molecule has 0 aromatic heterocycles. The average molecular weight is 273 g/mol. The third kappa shape index (κ3) is 3.39. The standard InChI is InChI=1S/C18H21Cl/c1-13-8-9-14(2)16(10-13)11-17(12-19)18-7-5-4-6-15(18)3/h4-10,17H,11-12H2,1-3H3. The smallest absolute Gasteiger partial charge is 0.0295 e. The third-order valence-electron chi connectivity index (χ3n) is 3.79. The molecular formula is C18H21Cl. The molecule has 0 aliphatic carbocycles. The number of rotatable bonds is 4. The van der Waals surface area contributed by atoms with E-state index in [2.05, 4.69) is 63.2 Å². The molecule has 0 nitrogen and oxygen atoms in total. The lowest BCUT2D eigenvalue weighted by atomic mass is 9.88. The molecule has 0 radical (unpaired) electrons. The molecule has 2 rings (SSSR count). The van der Waals surface area contributed by atoms with Crippen LogP contribution in [0.4, 0.5) is 0 Å². The van der Waals surface area contributed by atoms with Crippen LogP contribution in [-0.4, -0.2) is 5.88 Å². The van der Waals surface area contributed by atoms with Crippen molar-refractivity contribution in [1.82, 2.24) is 0 Å². The van der Waals surface area contributed by atoms with Gasteiger partial charge in [0.1, 0.15) is 0 Å². The van der Waals surface area contributed by atoms with Gasteiger partial charge in [-0.25, -0.2) is 0 Å². The van der Waals surface area contributed by atoms with Crippen LogP contribution in [0.2, 0.25) is 0 Å². The van der Waals surface area contributed by atoms with E-state index in [1.807, 2.05) is 0 Å². The molecule has 1 unspecified atom stereocenters. The number of benzene rings is 2. The molecule has 0 amide bonds. The van der Waals surface area contributed by atoms with Crippen molar-refractivity contribution in [2.24, 2.45) is 0 Å². The van der Waals surface area contributed by atoms with Crippen molar-refractivity contribution < 1.29 is 0 Å². The summed E-state index contributed by atoms with van der Waals surface area (Å²) in [6.07, 6.45) is 1.02. The predicted molar refractivity (Wildman–Crippen MR) is 84.3 cm³/mol. The van der Waals surface area contributed by atoms with E-state index in [9.17, 15) is 0 Å². The summed E-state index contributed by atoms with van der Waals surface area (Å²) in [7, 11) is 0. The minimum atomic E-state index is 0.392. The first kappa shape index (κ1) is 14.1. The van der Waals surface area contributed by atoms with Crippen molar-refractivity contribution in [2.75, 3.05) is 5.88 Å². The zero-order valence-corrected chi connectivity index (χ0v) is 12.7. The molecule has 2 aromatic rings. The maximum Gasteiger partial charge on any atom is 0.0295 e. The molecule has 0 aliphatic rings. The molecule has 0 saturated heterocycles. The highest BCUT2D eigenvalue weighted by Gasteiger charge is 2.14. The Bertz CT molecular complexity index is 557. The monoisotopic (exact) mass is 272 g/mol. The van der Waals surface area contributed by atoms with Gasteiger partial charge < -0.3 is 0 Å². The van der Waals surface area contributed by atoms with Crippen LogP contribution in [0.3, 0.4) is 0 Å². The lowest BCUT2D eigenvalue weighted by Crippen LogP contribution is -2.07. The van der Waals surface area contributed by atoms with Crippen molar-refractivity contribution >= 4 is 11.6 Å². The van der Waals surface area contributed by atoms with Gasteiger partial charge in [0.25, 0.3) is 0 Å². The number of hydrogen-bond donors (Lipinski definition) is 0. The summed E-state index contributed by atoms with van der Waals surface area (Å²) >= 11 is 6.22. The van der Waals surface area contributed by atoms with E-state index in [-0.39, 0.29) is 0 Å². The summed E-state index contributed by atoms with van der Waals surface area (Å²) in [6, 6.07) is 15.2. The Balaban J connectivity index is 2.29. The molecule has 0 fully saturated rings. The molecule has 0 heterocycles. The Kier molecular flexibility index (Phi) is 4.66. The van der Waals surface area contributed by atoms with Gasteiger partial charge in [0, 0.05) is 11.8 Å².